The van der Waals surface area contributed by atoms with Gasteiger partial charge in [0.05, 0.1) is 34.9 Å². The van der Waals surface area contributed by atoms with Crippen molar-refractivity contribution >= 4 is 16.9 Å². The van der Waals surface area contributed by atoms with Crippen molar-refractivity contribution in [2.45, 2.75) is 44.8 Å². The lowest BCUT2D eigenvalue weighted by Crippen LogP contribution is -2.39. The van der Waals surface area contributed by atoms with Gasteiger partial charge >= 0.3 is 0 Å². The molecular weight excluding hydrogens is 296 g/mol. The summed E-state index contributed by atoms with van der Waals surface area (Å²) in [5, 5.41) is 15.1. The third-order valence-corrected chi connectivity index (χ3v) is 4.64. The first-order chi connectivity index (χ1) is 10.9. The Morgan fingerprint density at radius 3 is 2.74 bits per heavy atom. The van der Waals surface area contributed by atoms with E-state index in [4.69, 9.17) is 15.6 Å². The van der Waals surface area contributed by atoms with Crippen LogP contribution in [-0.4, -0.2) is 45.1 Å². The molecule has 2 aromatic heterocycles. The number of rotatable bonds is 4. The molecule has 1 aliphatic heterocycles. The number of aliphatic hydroxyl groups excluding tert-OH is 1. The molecule has 0 bridgehead atoms. The minimum absolute atomic E-state index is 0.0875. The first-order valence-electron chi connectivity index (χ1n) is 7.81. The highest BCUT2D eigenvalue weighted by Gasteiger charge is 2.45. The van der Waals surface area contributed by atoms with Crippen LogP contribution in [0.1, 0.15) is 49.3 Å². The van der Waals surface area contributed by atoms with Crippen LogP contribution in [0, 0.1) is 0 Å². The lowest BCUT2D eigenvalue weighted by atomic mass is 9.78. The van der Waals surface area contributed by atoms with Gasteiger partial charge < -0.3 is 15.6 Å². The zero-order valence-corrected chi connectivity index (χ0v) is 13.6. The molecule has 0 saturated carbocycles. The van der Waals surface area contributed by atoms with E-state index in [0.29, 0.717) is 30.7 Å². The summed E-state index contributed by atoms with van der Waals surface area (Å²) in [5.74, 6) is -0.521. The average Bonchev–Trinajstić information content (AvgIpc) is 3.11. The number of nitrogens with zero attached hydrogens (tertiary/aromatic N) is 3. The van der Waals surface area contributed by atoms with E-state index in [1.54, 1.807) is 13.0 Å². The second kappa shape index (κ2) is 5.58. The topological polar surface area (TPSA) is 103 Å². The molecule has 7 heteroatoms. The van der Waals surface area contributed by atoms with Gasteiger partial charge in [-0.2, -0.15) is 5.10 Å². The largest absolute Gasteiger partial charge is 0.392 e. The number of fused-ring (bicyclic) bond motifs is 1. The SMILES string of the molecule is CC(C)n1nc([C@]2([C@@H](C)O)CCOC2)c2ncc(C(N)=O)cc21. The lowest BCUT2D eigenvalue weighted by molar-refractivity contribution is 0.0766. The molecule has 1 aliphatic rings. The third-order valence-electron chi connectivity index (χ3n) is 4.64. The van der Waals surface area contributed by atoms with E-state index in [1.807, 2.05) is 18.5 Å². The van der Waals surface area contributed by atoms with Gasteiger partial charge in [0.2, 0.25) is 5.91 Å². The Kier molecular flexibility index (Phi) is 3.85. The second-order valence-electron chi connectivity index (χ2n) is 6.48. The number of carbonyl (C=O) groups is 1. The maximum Gasteiger partial charge on any atom is 0.250 e. The maximum absolute atomic E-state index is 11.5. The van der Waals surface area contributed by atoms with Crippen LogP contribution in [0.4, 0.5) is 0 Å². The molecule has 1 saturated heterocycles. The molecule has 0 spiro atoms. The molecular formula is C16H22N4O3. The number of carbonyl (C=O) groups excluding carboxylic acids is 1. The predicted molar refractivity (Wildman–Crippen MR) is 85.2 cm³/mol. The van der Waals surface area contributed by atoms with Crippen molar-refractivity contribution in [3.63, 3.8) is 0 Å². The van der Waals surface area contributed by atoms with Gasteiger partial charge in [-0.1, -0.05) is 0 Å². The molecule has 7 nitrogen and oxygen atoms in total. The molecule has 124 valence electrons. The molecule has 1 fully saturated rings. The van der Waals surface area contributed by atoms with Gasteiger partial charge in [-0.25, -0.2) is 0 Å². The van der Waals surface area contributed by atoms with Gasteiger partial charge in [-0.15, -0.1) is 0 Å². The summed E-state index contributed by atoms with van der Waals surface area (Å²) < 4.78 is 7.37. The molecule has 1 amide bonds. The lowest BCUT2D eigenvalue weighted by Gasteiger charge is -2.28. The van der Waals surface area contributed by atoms with Crippen LogP contribution in [0.2, 0.25) is 0 Å². The fourth-order valence-corrected chi connectivity index (χ4v) is 3.18. The zero-order chi connectivity index (χ0) is 16.8. The van der Waals surface area contributed by atoms with E-state index in [9.17, 15) is 9.90 Å². The number of primary amides is 1. The number of ether oxygens (including phenoxy) is 1. The van der Waals surface area contributed by atoms with E-state index in [0.717, 1.165) is 11.2 Å². The van der Waals surface area contributed by atoms with Gasteiger partial charge in [0.1, 0.15) is 5.52 Å². The Morgan fingerprint density at radius 1 is 1.48 bits per heavy atom. The smallest absolute Gasteiger partial charge is 0.250 e. The first-order valence-corrected chi connectivity index (χ1v) is 7.81. The molecule has 2 atom stereocenters. The second-order valence-corrected chi connectivity index (χ2v) is 6.48. The Hall–Kier alpha value is -1.99. The molecule has 3 heterocycles. The van der Waals surface area contributed by atoms with E-state index in [-0.39, 0.29) is 6.04 Å². The Bertz CT molecular complexity index is 745. The maximum atomic E-state index is 11.5. The molecule has 2 aromatic rings. The zero-order valence-electron chi connectivity index (χ0n) is 13.6. The summed E-state index contributed by atoms with van der Waals surface area (Å²) in [6.07, 6.45) is 1.54. The number of amides is 1. The van der Waals surface area contributed by atoms with Crippen molar-refractivity contribution in [1.29, 1.82) is 0 Å². The van der Waals surface area contributed by atoms with Crippen molar-refractivity contribution in [3.05, 3.63) is 23.5 Å². The highest BCUT2D eigenvalue weighted by molar-refractivity contribution is 5.96. The van der Waals surface area contributed by atoms with Crippen LogP contribution in [0.25, 0.3) is 11.0 Å². The Labute approximate surface area is 134 Å². The molecule has 3 N–H and O–H groups in total. The van der Waals surface area contributed by atoms with Crippen LogP contribution in [0.5, 0.6) is 0 Å². The van der Waals surface area contributed by atoms with Gasteiger partial charge in [0, 0.05) is 18.8 Å². The number of aromatic nitrogens is 3. The normalized spacial score (nSPS) is 22.8. The summed E-state index contributed by atoms with van der Waals surface area (Å²) in [6.45, 7) is 6.77. The number of nitrogens with two attached hydrogens (primary N) is 1. The van der Waals surface area contributed by atoms with Crippen LogP contribution in [0.3, 0.4) is 0 Å². The van der Waals surface area contributed by atoms with Gasteiger partial charge in [0.15, 0.2) is 0 Å². The van der Waals surface area contributed by atoms with Crippen molar-refractivity contribution < 1.29 is 14.6 Å². The standard InChI is InChI=1S/C16H22N4O3/c1-9(2)20-12-6-11(15(17)22)7-18-13(12)14(19-20)16(10(3)21)4-5-23-8-16/h6-7,9-10,21H,4-5,8H2,1-3H3,(H2,17,22)/t10-,16-/m1/s1. The summed E-state index contributed by atoms with van der Waals surface area (Å²) in [7, 11) is 0. The van der Waals surface area contributed by atoms with Crippen molar-refractivity contribution in [2.24, 2.45) is 5.73 Å². The summed E-state index contributed by atoms with van der Waals surface area (Å²) >= 11 is 0. The minimum atomic E-state index is -0.610. The van der Waals surface area contributed by atoms with Crippen LogP contribution >= 0.6 is 0 Å². The van der Waals surface area contributed by atoms with E-state index in [1.165, 1.54) is 6.20 Å². The molecule has 0 aromatic carbocycles. The highest BCUT2D eigenvalue weighted by atomic mass is 16.5. The van der Waals surface area contributed by atoms with Gasteiger partial charge in [-0.05, 0) is 33.3 Å². The Balaban J connectivity index is 2.28. The first kappa shape index (κ1) is 15.9. The van der Waals surface area contributed by atoms with Crippen LogP contribution < -0.4 is 5.73 Å². The summed E-state index contributed by atoms with van der Waals surface area (Å²) in [6, 6.07) is 1.80. The van der Waals surface area contributed by atoms with E-state index in [2.05, 4.69) is 4.98 Å². The van der Waals surface area contributed by atoms with Gasteiger partial charge in [0.25, 0.3) is 0 Å². The number of aliphatic hydroxyl groups is 1. The minimum Gasteiger partial charge on any atom is -0.392 e. The van der Waals surface area contributed by atoms with Crippen LogP contribution in [-0.2, 0) is 10.2 Å². The molecule has 0 aliphatic carbocycles. The number of pyridine rings is 1. The molecule has 0 radical (unpaired) electrons. The fourth-order valence-electron chi connectivity index (χ4n) is 3.18. The summed E-state index contributed by atoms with van der Waals surface area (Å²) in [4.78, 5) is 15.9. The predicted octanol–water partition coefficient (Wildman–Crippen LogP) is 1.15. The quantitative estimate of drug-likeness (QED) is 0.880. The van der Waals surface area contributed by atoms with Crippen molar-refractivity contribution in [3.8, 4) is 0 Å². The average molecular weight is 318 g/mol. The van der Waals surface area contributed by atoms with E-state index >= 15 is 0 Å². The number of hydrogen-bond donors (Lipinski definition) is 2. The highest BCUT2D eigenvalue weighted by Crippen LogP contribution is 2.39. The molecule has 23 heavy (non-hydrogen) atoms. The molecule has 3 rings (SSSR count). The monoisotopic (exact) mass is 318 g/mol. The van der Waals surface area contributed by atoms with Crippen molar-refractivity contribution in [2.75, 3.05) is 13.2 Å². The van der Waals surface area contributed by atoms with Crippen molar-refractivity contribution in [1.82, 2.24) is 14.8 Å². The van der Waals surface area contributed by atoms with Crippen LogP contribution in [0.15, 0.2) is 12.3 Å². The van der Waals surface area contributed by atoms with E-state index < -0.39 is 17.4 Å². The van der Waals surface area contributed by atoms with Gasteiger partial charge in [-0.3, -0.25) is 14.5 Å². The number of hydrogen-bond acceptors (Lipinski definition) is 5. The molecule has 0 unspecified atom stereocenters. The summed E-state index contributed by atoms with van der Waals surface area (Å²) in [5.41, 5.74) is 7.31. The third kappa shape index (κ3) is 2.40. The fraction of sp³-hybridized carbons (Fsp3) is 0.562. The Morgan fingerprint density at radius 2 is 2.22 bits per heavy atom.